The number of nitrogens with zero attached hydrogens (tertiary/aromatic N) is 1. The van der Waals surface area contributed by atoms with Gasteiger partial charge < -0.3 is 10.4 Å². The van der Waals surface area contributed by atoms with Crippen molar-refractivity contribution in [1.29, 1.82) is 0 Å². The van der Waals surface area contributed by atoms with E-state index in [9.17, 15) is 24.8 Å². The monoisotopic (exact) mass is 320 g/mol. The number of anilines is 1. The Labute approximate surface area is 129 Å². The lowest BCUT2D eigenvalue weighted by Crippen LogP contribution is -2.13. The van der Waals surface area contributed by atoms with Crippen molar-refractivity contribution in [3.8, 4) is 0 Å². The average Bonchev–Trinajstić information content (AvgIpc) is 2.73. The fraction of sp³-hybridized carbons (Fsp3) is 0.143. The molecule has 0 atom stereocenters. The number of amides is 1. The number of carboxylic acid groups (broad SMARTS) is 1. The molecule has 0 saturated carbocycles. The first-order valence-corrected chi connectivity index (χ1v) is 7.02. The summed E-state index contributed by atoms with van der Waals surface area (Å²) >= 11 is 1.18. The van der Waals surface area contributed by atoms with E-state index in [-0.39, 0.29) is 21.8 Å². The zero-order chi connectivity index (χ0) is 16.4. The van der Waals surface area contributed by atoms with E-state index in [1.807, 2.05) is 0 Å². The molecule has 0 aliphatic carbocycles. The molecule has 0 aliphatic heterocycles. The second-order valence-electron chi connectivity index (χ2n) is 4.55. The standard InChI is InChI=1S/C14H12N2O5S/c1-7-8(2)22-13(11(7)14(18)19)15-12(17)9-3-5-10(6-4-9)16(20)21/h3-6H,1-2H3,(H,15,17)(H,18,19). The molecule has 2 rings (SSSR count). The predicted octanol–water partition coefficient (Wildman–Crippen LogP) is 3.22. The lowest BCUT2D eigenvalue weighted by atomic mass is 10.1. The van der Waals surface area contributed by atoms with Gasteiger partial charge in [-0.05, 0) is 31.5 Å². The van der Waals surface area contributed by atoms with Gasteiger partial charge in [-0.1, -0.05) is 0 Å². The topological polar surface area (TPSA) is 110 Å². The van der Waals surface area contributed by atoms with E-state index in [4.69, 9.17) is 0 Å². The fourth-order valence-corrected chi connectivity index (χ4v) is 2.93. The number of aromatic carboxylic acids is 1. The van der Waals surface area contributed by atoms with Gasteiger partial charge in [0.1, 0.15) is 5.00 Å². The number of benzene rings is 1. The highest BCUT2D eigenvalue weighted by Crippen LogP contribution is 2.32. The van der Waals surface area contributed by atoms with Crippen molar-refractivity contribution in [2.24, 2.45) is 0 Å². The fourth-order valence-electron chi connectivity index (χ4n) is 1.88. The maximum Gasteiger partial charge on any atom is 0.338 e. The summed E-state index contributed by atoms with van der Waals surface area (Å²) in [5.41, 5.74) is 0.769. The van der Waals surface area contributed by atoms with Crippen molar-refractivity contribution in [2.45, 2.75) is 13.8 Å². The molecule has 2 aromatic rings. The number of nitrogens with one attached hydrogen (secondary N) is 1. The molecule has 7 nitrogen and oxygen atoms in total. The van der Waals surface area contributed by atoms with E-state index in [0.29, 0.717) is 5.56 Å². The maximum absolute atomic E-state index is 12.1. The molecule has 0 spiro atoms. The third-order valence-corrected chi connectivity index (χ3v) is 4.29. The van der Waals surface area contributed by atoms with Gasteiger partial charge in [-0.3, -0.25) is 14.9 Å². The van der Waals surface area contributed by atoms with Gasteiger partial charge in [0.15, 0.2) is 0 Å². The highest BCUT2D eigenvalue weighted by Gasteiger charge is 2.21. The molecule has 1 aromatic carbocycles. The summed E-state index contributed by atoms with van der Waals surface area (Å²) < 4.78 is 0. The summed E-state index contributed by atoms with van der Waals surface area (Å²) in [5.74, 6) is -1.63. The summed E-state index contributed by atoms with van der Waals surface area (Å²) in [4.78, 5) is 34.2. The van der Waals surface area contributed by atoms with Gasteiger partial charge in [0.2, 0.25) is 0 Å². The number of carbonyl (C=O) groups is 2. The van der Waals surface area contributed by atoms with Crippen LogP contribution < -0.4 is 5.32 Å². The Morgan fingerprint density at radius 1 is 1.23 bits per heavy atom. The maximum atomic E-state index is 12.1. The largest absolute Gasteiger partial charge is 0.478 e. The number of non-ortho nitro benzene ring substituents is 1. The number of nitro benzene ring substituents is 1. The van der Waals surface area contributed by atoms with Crippen LogP contribution in [0.1, 0.15) is 31.2 Å². The van der Waals surface area contributed by atoms with E-state index >= 15 is 0 Å². The van der Waals surface area contributed by atoms with Crippen LogP contribution in [0.4, 0.5) is 10.7 Å². The molecule has 0 radical (unpaired) electrons. The second-order valence-corrected chi connectivity index (χ2v) is 5.78. The van der Waals surface area contributed by atoms with E-state index in [1.54, 1.807) is 13.8 Å². The van der Waals surface area contributed by atoms with E-state index in [0.717, 1.165) is 4.88 Å². The lowest BCUT2D eigenvalue weighted by molar-refractivity contribution is -0.384. The van der Waals surface area contributed by atoms with Crippen molar-refractivity contribution in [1.82, 2.24) is 0 Å². The normalized spacial score (nSPS) is 10.3. The van der Waals surface area contributed by atoms with Crippen LogP contribution in [0.15, 0.2) is 24.3 Å². The molecule has 1 aromatic heterocycles. The zero-order valence-electron chi connectivity index (χ0n) is 11.7. The quantitative estimate of drug-likeness (QED) is 0.664. The van der Waals surface area contributed by atoms with E-state index in [2.05, 4.69) is 5.32 Å². The highest BCUT2D eigenvalue weighted by atomic mass is 32.1. The van der Waals surface area contributed by atoms with Gasteiger partial charge >= 0.3 is 5.97 Å². The molecule has 22 heavy (non-hydrogen) atoms. The van der Waals surface area contributed by atoms with Crippen LogP contribution in [-0.4, -0.2) is 21.9 Å². The van der Waals surface area contributed by atoms with Gasteiger partial charge in [-0.25, -0.2) is 4.79 Å². The minimum Gasteiger partial charge on any atom is -0.478 e. The molecule has 1 heterocycles. The van der Waals surface area contributed by atoms with Gasteiger partial charge in [0, 0.05) is 22.6 Å². The third kappa shape index (κ3) is 2.96. The first-order valence-electron chi connectivity index (χ1n) is 6.20. The Bertz CT molecular complexity index is 764. The molecule has 0 aliphatic rings. The van der Waals surface area contributed by atoms with Crippen LogP contribution in [-0.2, 0) is 0 Å². The number of thiophene rings is 1. The van der Waals surface area contributed by atoms with Crippen molar-refractivity contribution in [3.63, 3.8) is 0 Å². The zero-order valence-corrected chi connectivity index (χ0v) is 12.6. The smallest absolute Gasteiger partial charge is 0.338 e. The Morgan fingerprint density at radius 3 is 2.32 bits per heavy atom. The van der Waals surface area contributed by atoms with Gasteiger partial charge in [0.05, 0.1) is 10.5 Å². The number of hydrogen-bond acceptors (Lipinski definition) is 5. The van der Waals surface area contributed by atoms with Crippen molar-refractivity contribution >= 4 is 33.9 Å². The van der Waals surface area contributed by atoms with Crippen LogP contribution in [0, 0.1) is 24.0 Å². The Kier molecular flexibility index (Phi) is 4.22. The van der Waals surface area contributed by atoms with Gasteiger partial charge in [-0.15, -0.1) is 11.3 Å². The summed E-state index contributed by atoms with van der Waals surface area (Å²) in [6.45, 7) is 3.45. The van der Waals surface area contributed by atoms with Gasteiger partial charge in [-0.2, -0.15) is 0 Å². The number of aryl methyl sites for hydroxylation is 1. The summed E-state index contributed by atoms with van der Waals surface area (Å²) in [5, 5.41) is 22.6. The number of carbonyl (C=O) groups excluding carboxylic acids is 1. The molecule has 114 valence electrons. The van der Waals surface area contributed by atoms with Crippen molar-refractivity contribution in [2.75, 3.05) is 5.32 Å². The first kappa shape index (κ1) is 15.6. The molecular formula is C14H12N2O5S. The summed E-state index contributed by atoms with van der Waals surface area (Å²) in [7, 11) is 0. The molecule has 0 saturated heterocycles. The molecule has 2 N–H and O–H groups in total. The number of carboxylic acids is 1. The molecule has 1 amide bonds. The Morgan fingerprint density at radius 2 is 1.82 bits per heavy atom. The Balaban J connectivity index is 2.27. The van der Waals surface area contributed by atoms with Crippen LogP contribution in [0.25, 0.3) is 0 Å². The molecule has 8 heteroatoms. The minimum absolute atomic E-state index is 0.0674. The number of hydrogen-bond donors (Lipinski definition) is 2. The molecule has 0 unspecified atom stereocenters. The van der Waals surface area contributed by atoms with Crippen LogP contribution in [0.2, 0.25) is 0 Å². The van der Waals surface area contributed by atoms with Crippen LogP contribution in [0.3, 0.4) is 0 Å². The summed E-state index contributed by atoms with van der Waals surface area (Å²) in [6, 6.07) is 5.08. The Hall–Kier alpha value is -2.74. The van der Waals surface area contributed by atoms with Crippen molar-refractivity contribution in [3.05, 3.63) is 55.9 Å². The average molecular weight is 320 g/mol. The third-order valence-electron chi connectivity index (χ3n) is 3.17. The molecule has 0 fully saturated rings. The van der Waals surface area contributed by atoms with Gasteiger partial charge in [0.25, 0.3) is 11.6 Å². The number of rotatable bonds is 4. The van der Waals surface area contributed by atoms with E-state index < -0.39 is 16.8 Å². The summed E-state index contributed by atoms with van der Waals surface area (Å²) in [6.07, 6.45) is 0. The van der Waals surface area contributed by atoms with Crippen LogP contribution in [0.5, 0.6) is 0 Å². The minimum atomic E-state index is -1.11. The van der Waals surface area contributed by atoms with Crippen LogP contribution >= 0.6 is 11.3 Å². The SMILES string of the molecule is Cc1sc(NC(=O)c2ccc([N+](=O)[O-])cc2)c(C(=O)O)c1C. The molecular weight excluding hydrogens is 308 g/mol. The second kappa shape index (κ2) is 5.94. The number of nitro groups is 1. The predicted molar refractivity (Wildman–Crippen MR) is 81.8 cm³/mol. The van der Waals surface area contributed by atoms with Crippen molar-refractivity contribution < 1.29 is 19.6 Å². The first-order chi connectivity index (χ1) is 10.3. The van der Waals surface area contributed by atoms with E-state index in [1.165, 1.54) is 35.6 Å². The highest BCUT2D eigenvalue weighted by molar-refractivity contribution is 7.16. The lowest BCUT2D eigenvalue weighted by Gasteiger charge is -2.04. The molecule has 0 bridgehead atoms.